The van der Waals surface area contributed by atoms with Crippen LogP contribution >= 0.6 is 0 Å². The molecule has 0 aromatic carbocycles. The molecule has 94 valence electrons. The minimum absolute atomic E-state index is 0.402. The summed E-state index contributed by atoms with van der Waals surface area (Å²) in [4.78, 5) is 11.4. The first kappa shape index (κ1) is 15.0. The Kier molecular flexibility index (Phi) is 5.00. The van der Waals surface area contributed by atoms with Gasteiger partial charge in [0, 0.05) is 0 Å². The molecule has 0 aromatic heterocycles. The van der Waals surface area contributed by atoms with Gasteiger partial charge in [0.2, 0.25) is 0 Å². The fourth-order valence-corrected chi connectivity index (χ4v) is 1.11. The molecule has 0 radical (unpaired) electrons. The molecule has 0 aliphatic rings. The van der Waals surface area contributed by atoms with Crippen LogP contribution in [0.2, 0.25) is 0 Å². The van der Waals surface area contributed by atoms with Crippen molar-refractivity contribution in [3.05, 3.63) is 12.7 Å². The van der Waals surface area contributed by atoms with Crippen LogP contribution < -0.4 is 5.32 Å². The van der Waals surface area contributed by atoms with E-state index in [1.807, 2.05) is 0 Å². The second kappa shape index (κ2) is 5.34. The molecule has 0 aliphatic carbocycles. The highest BCUT2D eigenvalue weighted by molar-refractivity contribution is 5.68. The summed E-state index contributed by atoms with van der Waals surface area (Å²) in [6, 6.07) is -0.402. The number of aliphatic hydroxyl groups is 1. The molecule has 0 spiro atoms. The molecule has 1 amide bonds. The Morgan fingerprint density at radius 3 is 2.38 bits per heavy atom. The van der Waals surface area contributed by atoms with E-state index in [0.717, 1.165) is 0 Å². The first-order valence-corrected chi connectivity index (χ1v) is 5.41. The van der Waals surface area contributed by atoms with Gasteiger partial charge in [-0.3, -0.25) is 0 Å². The molecule has 0 saturated heterocycles. The molecule has 4 nitrogen and oxygen atoms in total. The van der Waals surface area contributed by atoms with Crippen LogP contribution in [0, 0.1) is 0 Å². The topological polar surface area (TPSA) is 58.6 Å². The van der Waals surface area contributed by atoms with Crippen molar-refractivity contribution >= 4 is 6.09 Å². The lowest BCUT2D eigenvalue weighted by molar-refractivity contribution is 0.0124. The molecular weight excluding hydrogens is 206 g/mol. The summed E-state index contributed by atoms with van der Waals surface area (Å²) in [5.41, 5.74) is -1.55. The standard InChI is InChI=1S/C12H23NO3/c1-7-8-12(6,15)9(2)13-10(14)16-11(3,4)5/h7,9,15H,1,8H2,2-6H3,(H,13,14). The Hall–Kier alpha value is -1.03. The van der Waals surface area contributed by atoms with E-state index in [-0.39, 0.29) is 0 Å². The predicted molar refractivity (Wildman–Crippen MR) is 64.3 cm³/mol. The largest absolute Gasteiger partial charge is 0.444 e. The second-order valence-electron chi connectivity index (χ2n) is 5.22. The van der Waals surface area contributed by atoms with Gasteiger partial charge in [-0.15, -0.1) is 6.58 Å². The van der Waals surface area contributed by atoms with E-state index in [1.165, 1.54) is 0 Å². The third kappa shape index (κ3) is 5.75. The summed E-state index contributed by atoms with van der Waals surface area (Å²) in [7, 11) is 0. The molecular formula is C12H23NO3. The first-order chi connectivity index (χ1) is 7.08. The quantitative estimate of drug-likeness (QED) is 0.727. The van der Waals surface area contributed by atoms with E-state index in [0.29, 0.717) is 6.42 Å². The number of ether oxygens (including phenoxy) is 1. The lowest BCUT2D eigenvalue weighted by Crippen LogP contribution is -2.50. The van der Waals surface area contributed by atoms with E-state index in [2.05, 4.69) is 11.9 Å². The maximum atomic E-state index is 11.4. The highest BCUT2D eigenvalue weighted by atomic mass is 16.6. The average Bonchev–Trinajstić information content (AvgIpc) is 1.99. The maximum absolute atomic E-state index is 11.4. The number of carbonyl (C=O) groups excluding carboxylic acids is 1. The van der Waals surface area contributed by atoms with Crippen molar-refractivity contribution in [2.24, 2.45) is 0 Å². The van der Waals surface area contributed by atoms with Gasteiger partial charge in [-0.05, 0) is 41.0 Å². The van der Waals surface area contributed by atoms with Crippen LogP contribution in [0.1, 0.15) is 41.0 Å². The van der Waals surface area contributed by atoms with Crippen LogP contribution in [0.3, 0.4) is 0 Å². The van der Waals surface area contributed by atoms with Gasteiger partial charge in [-0.25, -0.2) is 4.79 Å². The summed E-state index contributed by atoms with van der Waals surface area (Å²) in [5.74, 6) is 0. The summed E-state index contributed by atoms with van der Waals surface area (Å²) >= 11 is 0. The van der Waals surface area contributed by atoms with E-state index in [9.17, 15) is 9.90 Å². The molecule has 2 unspecified atom stereocenters. The Bertz CT molecular complexity index is 253. The maximum Gasteiger partial charge on any atom is 0.407 e. The third-order valence-corrected chi connectivity index (χ3v) is 2.22. The average molecular weight is 229 g/mol. The van der Waals surface area contributed by atoms with E-state index in [4.69, 9.17) is 4.74 Å². The van der Waals surface area contributed by atoms with Crippen molar-refractivity contribution in [3.8, 4) is 0 Å². The van der Waals surface area contributed by atoms with Crippen LogP contribution in [0.15, 0.2) is 12.7 Å². The molecule has 16 heavy (non-hydrogen) atoms. The lowest BCUT2D eigenvalue weighted by Gasteiger charge is -2.30. The third-order valence-electron chi connectivity index (χ3n) is 2.22. The summed E-state index contributed by atoms with van der Waals surface area (Å²) in [6.45, 7) is 12.3. The number of hydrogen-bond donors (Lipinski definition) is 2. The molecule has 0 fully saturated rings. The number of carbonyl (C=O) groups is 1. The lowest BCUT2D eigenvalue weighted by atomic mass is 9.94. The Morgan fingerprint density at radius 1 is 1.50 bits per heavy atom. The molecule has 0 aliphatic heterocycles. The van der Waals surface area contributed by atoms with E-state index in [1.54, 1.807) is 40.7 Å². The van der Waals surface area contributed by atoms with Crippen molar-refractivity contribution in [3.63, 3.8) is 0 Å². The molecule has 0 saturated carbocycles. The normalized spacial score (nSPS) is 17.1. The summed E-state index contributed by atoms with van der Waals surface area (Å²) in [6.07, 6.45) is 1.50. The summed E-state index contributed by atoms with van der Waals surface area (Å²) < 4.78 is 5.09. The number of alkyl carbamates (subject to hydrolysis) is 1. The van der Waals surface area contributed by atoms with Gasteiger partial charge >= 0.3 is 6.09 Å². The molecule has 4 heteroatoms. The van der Waals surface area contributed by atoms with Gasteiger partial charge in [-0.1, -0.05) is 6.08 Å². The Labute approximate surface area is 97.7 Å². The van der Waals surface area contributed by atoms with Crippen molar-refractivity contribution < 1.29 is 14.6 Å². The van der Waals surface area contributed by atoms with Crippen LogP contribution in [-0.2, 0) is 4.74 Å². The zero-order chi connectivity index (χ0) is 13.0. The second-order valence-corrected chi connectivity index (χ2v) is 5.22. The minimum Gasteiger partial charge on any atom is -0.444 e. The zero-order valence-electron chi connectivity index (χ0n) is 10.8. The van der Waals surface area contributed by atoms with Gasteiger partial charge in [0.15, 0.2) is 0 Å². The van der Waals surface area contributed by atoms with Gasteiger partial charge < -0.3 is 15.2 Å². The highest BCUT2D eigenvalue weighted by Crippen LogP contribution is 2.15. The molecule has 2 N–H and O–H groups in total. The predicted octanol–water partition coefficient (Wildman–Crippen LogP) is 2.23. The zero-order valence-corrected chi connectivity index (χ0v) is 10.8. The van der Waals surface area contributed by atoms with Crippen LogP contribution in [0.5, 0.6) is 0 Å². The Morgan fingerprint density at radius 2 is 2.00 bits per heavy atom. The van der Waals surface area contributed by atoms with Crippen molar-refractivity contribution in [2.45, 2.75) is 58.3 Å². The Balaban J connectivity index is 4.29. The van der Waals surface area contributed by atoms with Crippen LogP contribution in [0.25, 0.3) is 0 Å². The van der Waals surface area contributed by atoms with Crippen LogP contribution in [0.4, 0.5) is 4.79 Å². The van der Waals surface area contributed by atoms with Gasteiger partial charge in [-0.2, -0.15) is 0 Å². The van der Waals surface area contributed by atoms with E-state index >= 15 is 0 Å². The number of amides is 1. The number of nitrogens with one attached hydrogen (secondary N) is 1. The molecule has 0 heterocycles. The first-order valence-electron chi connectivity index (χ1n) is 5.41. The minimum atomic E-state index is -1.02. The smallest absolute Gasteiger partial charge is 0.407 e. The fraction of sp³-hybridized carbons (Fsp3) is 0.750. The fourth-order valence-electron chi connectivity index (χ4n) is 1.11. The van der Waals surface area contributed by atoms with Crippen LogP contribution in [-0.4, -0.2) is 28.4 Å². The SMILES string of the molecule is C=CCC(C)(O)C(C)NC(=O)OC(C)(C)C. The van der Waals surface area contributed by atoms with Crippen molar-refractivity contribution in [1.82, 2.24) is 5.32 Å². The molecule has 0 aromatic rings. The van der Waals surface area contributed by atoms with Gasteiger partial charge in [0.05, 0.1) is 11.6 Å². The van der Waals surface area contributed by atoms with E-state index < -0.39 is 23.3 Å². The van der Waals surface area contributed by atoms with Crippen molar-refractivity contribution in [2.75, 3.05) is 0 Å². The number of rotatable bonds is 4. The molecule has 0 rings (SSSR count). The highest BCUT2D eigenvalue weighted by Gasteiger charge is 2.29. The summed E-state index contributed by atoms with van der Waals surface area (Å²) in [5, 5.41) is 12.6. The molecule has 0 bridgehead atoms. The van der Waals surface area contributed by atoms with Gasteiger partial charge in [0.25, 0.3) is 0 Å². The molecule has 2 atom stereocenters. The van der Waals surface area contributed by atoms with Crippen molar-refractivity contribution in [1.29, 1.82) is 0 Å². The monoisotopic (exact) mass is 229 g/mol. The number of hydrogen-bond acceptors (Lipinski definition) is 3. The van der Waals surface area contributed by atoms with Gasteiger partial charge in [0.1, 0.15) is 5.60 Å².